The van der Waals surface area contributed by atoms with Crippen LogP contribution in [-0.2, 0) is 11.3 Å². The van der Waals surface area contributed by atoms with Crippen molar-refractivity contribution in [3.63, 3.8) is 0 Å². The number of hydrogen-bond acceptors (Lipinski definition) is 6. The van der Waals surface area contributed by atoms with Crippen LogP contribution in [0.1, 0.15) is 103 Å². The van der Waals surface area contributed by atoms with E-state index in [1.807, 2.05) is 6.92 Å². The molecule has 0 unspecified atom stereocenters. The molecule has 3 amide bonds. The van der Waals surface area contributed by atoms with E-state index in [0.29, 0.717) is 18.4 Å². The minimum absolute atomic E-state index is 0.0314. The van der Waals surface area contributed by atoms with Crippen molar-refractivity contribution in [1.29, 1.82) is 0 Å². The van der Waals surface area contributed by atoms with Crippen molar-refractivity contribution in [2.75, 3.05) is 5.73 Å². The second kappa shape index (κ2) is 13.2. The van der Waals surface area contributed by atoms with Gasteiger partial charge in [0.15, 0.2) is 5.69 Å². The third-order valence-electron chi connectivity index (χ3n) is 7.55. The van der Waals surface area contributed by atoms with Gasteiger partial charge in [-0.05, 0) is 61.3 Å². The minimum atomic E-state index is -0.737. The van der Waals surface area contributed by atoms with E-state index in [2.05, 4.69) is 15.0 Å². The van der Waals surface area contributed by atoms with Crippen LogP contribution in [0.2, 0.25) is 0 Å². The molecule has 0 spiro atoms. The van der Waals surface area contributed by atoms with E-state index >= 15 is 0 Å². The minimum Gasteiger partial charge on any atom is -0.395 e. The predicted molar refractivity (Wildman–Crippen MR) is 146 cm³/mol. The van der Waals surface area contributed by atoms with Crippen LogP contribution in [0, 0.1) is 5.82 Å². The van der Waals surface area contributed by atoms with E-state index in [1.165, 1.54) is 23.5 Å². The Morgan fingerprint density at radius 1 is 1.03 bits per heavy atom. The predicted octanol–water partition coefficient (Wildman–Crippen LogP) is 4.80. The molecule has 2 aliphatic rings. The Hall–Kier alpha value is -3.01. The lowest BCUT2D eigenvalue weighted by Gasteiger charge is -2.31. The summed E-state index contributed by atoms with van der Waals surface area (Å²) in [5.41, 5.74) is 7.10. The Balaban J connectivity index is 1.59. The third-order valence-corrected chi connectivity index (χ3v) is 8.40. The Bertz CT molecular complexity index is 1110. The molecular formula is C28H38FN5O3S. The van der Waals surface area contributed by atoms with E-state index in [4.69, 9.17) is 5.73 Å². The summed E-state index contributed by atoms with van der Waals surface area (Å²) in [6, 6.07) is 5.33. The average Bonchev–Trinajstić information content (AvgIpc) is 3.57. The molecule has 38 heavy (non-hydrogen) atoms. The lowest BCUT2D eigenvalue weighted by molar-refractivity contribution is -0.126. The van der Waals surface area contributed by atoms with Crippen molar-refractivity contribution < 1.29 is 18.8 Å². The summed E-state index contributed by atoms with van der Waals surface area (Å²) in [4.78, 5) is 42.0. The lowest BCUT2D eigenvalue weighted by Crippen LogP contribution is -2.51. The van der Waals surface area contributed by atoms with E-state index in [9.17, 15) is 18.8 Å². The SMILES string of the molecule is CCC[C@@H](C(=O)NC1CCCC1)N(Cc1ccc(F)cc1)C(=O)c1snc(C(=O)NC2CCCCC2)c1N. The number of amides is 3. The molecule has 0 aliphatic heterocycles. The first-order valence-corrected chi connectivity index (χ1v) is 14.6. The Morgan fingerprint density at radius 2 is 1.63 bits per heavy atom. The van der Waals surface area contributed by atoms with Gasteiger partial charge in [0.2, 0.25) is 5.91 Å². The van der Waals surface area contributed by atoms with Crippen molar-refractivity contribution in [3.8, 4) is 0 Å². The number of benzene rings is 1. The zero-order chi connectivity index (χ0) is 27.1. The van der Waals surface area contributed by atoms with E-state index < -0.39 is 11.9 Å². The van der Waals surface area contributed by atoms with Crippen LogP contribution >= 0.6 is 11.5 Å². The lowest BCUT2D eigenvalue weighted by atomic mass is 9.95. The molecule has 0 bridgehead atoms. The molecule has 1 heterocycles. The van der Waals surface area contributed by atoms with Gasteiger partial charge >= 0.3 is 0 Å². The van der Waals surface area contributed by atoms with Crippen LogP contribution in [0.4, 0.5) is 10.1 Å². The summed E-state index contributed by atoms with van der Waals surface area (Å²) in [7, 11) is 0. The number of anilines is 1. The molecule has 1 atom stereocenters. The smallest absolute Gasteiger partial charge is 0.273 e. The summed E-state index contributed by atoms with van der Waals surface area (Å²) < 4.78 is 17.8. The molecule has 1 aromatic heterocycles. The van der Waals surface area contributed by atoms with Crippen LogP contribution in [0.15, 0.2) is 24.3 Å². The van der Waals surface area contributed by atoms with Gasteiger partial charge in [0.1, 0.15) is 16.7 Å². The molecule has 206 valence electrons. The average molecular weight is 544 g/mol. The van der Waals surface area contributed by atoms with Gasteiger partial charge in [-0.2, -0.15) is 4.37 Å². The Labute approximate surface area is 227 Å². The fraction of sp³-hybridized carbons (Fsp3) is 0.571. The highest BCUT2D eigenvalue weighted by molar-refractivity contribution is 7.09. The summed E-state index contributed by atoms with van der Waals surface area (Å²) in [5.74, 6) is -1.41. The first-order chi connectivity index (χ1) is 18.4. The normalized spacial score (nSPS) is 17.2. The maximum atomic E-state index is 14.0. The number of halogens is 1. The summed E-state index contributed by atoms with van der Waals surface area (Å²) in [6.07, 6.45) is 10.3. The summed E-state index contributed by atoms with van der Waals surface area (Å²) in [6.45, 7) is 2.06. The molecule has 4 rings (SSSR count). The highest BCUT2D eigenvalue weighted by Crippen LogP contribution is 2.28. The Kier molecular flexibility index (Phi) is 9.71. The molecule has 8 nitrogen and oxygen atoms in total. The van der Waals surface area contributed by atoms with Crippen LogP contribution in [-0.4, -0.2) is 45.1 Å². The molecule has 2 fully saturated rings. The number of hydrogen-bond donors (Lipinski definition) is 3. The number of nitrogens with zero attached hydrogens (tertiary/aromatic N) is 2. The first-order valence-electron chi connectivity index (χ1n) is 13.8. The van der Waals surface area contributed by atoms with E-state index in [-0.39, 0.29) is 52.5 Å². The van der Waals surface area contributed by atoms with Crippen molar-refractivity contribution in [2.24, 2.45) is 0 Å². The molecule has 2 saturated carbocycles. The van der Waals surface area contributed by atoms with Gasteiger partial charge in [-0.25, -0.2) is 4.39 Å². The van der Waals surface area contributed by atoms with Gasteiger partial charge < -0.3 is 21.3 Å². The van der Waals surface area contributed by atoms with Crippen molar-refractivity contribution in [2.45, 2.75) is 102 Å². The third kappa shape index (κ3) is 6.89. The first kappa shape index (κ1) is 28.0. The number of nitrogens with two attached hydrogens (primary N) is 1. The van der Waals surface area contributed by atoms with Crippen molar-refractivity contribution >= 4 is 34.9 Å². The second-order valence-corrected chi connectivity index (χ2v) is 11.2. The van der Waals surface area contributed by atoms with Gasteiger partial charge in [-0.1, -0.05) is 57.6 Å². The summed E-state index contributed by atoms with van der Waals surface area (Å²) >= 11 is 0.877. The number of rotatable bonds is 10. The fourth-order valence-electron chi connectivity index (χ4n) is 5.43. The molecular weight excluding hydrogens is 505 g/mol. The number of nitrogens with one attached hydrogen (secondary N) is 2. The highest BCUT2D eigenvalue weighted by Gasteiger charge is 2.35. The zero-order valence-electron chi connectivity index (χ0n) is 22.0. The van der Waals surface area contributed by atoms with Crippen molar-refractivity contribution in [3.05, 3.63) is 46.2 Å². The number of nitrogen functional groups attached to an aromatic ring is 1. The van der Waals surface area contributed by atoms with Crippen LogP contribution in [0.3, 0.4) is 0 Å². The van der Waals surface area contributed by atoms with E-state index in [1.54, 1.807) is 12.1 Å². The highest BCUT2D eigenvalue weighted by atomic mass is 32.1. The van der Waals surface area contributed by atoms with Crippen LogP contribution in [0.25, 0.3) is 0 Å². The van der Waals surface area contributed by atoms with Gasteiger partial charge in [-0.3, -0.25) is 14.4 Å². The monoisotopic (exact) mass is 543 g/mol. The molecule has 2 aromatic rings. The largest absolute Gasteiger partial charge is 0.395 e. The Morgan fingerprint density at radius 3 is 2.26 bits per heavy atom. The van der Waals surface area contributed by atoms with Gasteiger partial charge in [0, 0.05) is 18.6 Å². The fourth-order valence-corrected chi connectivity index (χ4v) is 6.18. The standard InChI is InChI=1S/C28H38FN5O3S/c1-2-8-22(26(35)31-20-11-6-7-12-20)34(17-18-13-15-19(29)16-14-18)28(37)25-23(30)24(33-38-25)27(36)32-21-9-4-3-5-10-21/h13-16,20-22H,2-12,17,30H2,1H3,(H,31,35)(H,32,36)/t22-/m0/s1. The zero-order valence-corrected chi connectivity index (χ0v) is 22.8. The molecule has 1 aromatic carbocycles. The van der Waals surface area contributed by atoms with Crippen LogP contribution < -0.4 is 16.4 Å². The molecule has 0 saturated heterocycles. The molecule has 2 aliphatic carbocycles. The maximum Gasteiger partial charge on any atom is 0.273 e. The molecule has 0 radical (unpaired) electrons. The summed E-state index contributed by atoms with van der Waals surface area (Å²) in [5, 5.41) is 6.13. The number of carbonyl (C=O) groups is 3. The molecule has 10 heteroatoms. The second-order valence-electron chi connectivity index (χ2n) is 10.4. The van der Waals surface area contributed by atoms with E-state index in [0.717, 1.165) is 62.9 Å². The quantitative estimate of drug-likeness (QED) is 0.398. The molecule has 4 N–H and O–H groups in total. The van der Waals surface area contributed by atoms with Gasteiger partial charge in [0.05, 0.1) is 5.69 Å². The van der Waals surface area contributed by atoms with Gasteiger partial charge in [0.25, 0.3) is 11.8 Å². The topological polar surface area (TPSA) is 117 Å². The number of aromatic nitrogens is 1. The van der Waals surface area contributed by atoms with Crippen molar-refractivity contribution in [1.82, 2.24) is 19.9 Å². The number of carbonyl (C=O) groups excluding carboxylic acids is 3. The van der Waals surface area contributed by atoms with Gasteiger partial charge in [-0.15, -0.1) is 0 Å². The van der Waals surface area contributed by atoms with Crippen LogP contribution in [0.5, 0.6) is 0 Å². The maximum absolute atomic E-state index is 14.0.